The summed E-state index contributed by atoms with van der Waals surface area (Å²) < 4.78 is 7.72. The molecule has 0 amide bonds. The Bertz CT molecular complexity index is 1050. The first-order valence-electron chi connectivity index (χ1n) is 8.53. The summed E-state index contributed by atoms with van der Waals surface area (Å²) in [6.45, 7) is 2.56. The van der Waals surface area contributed by atoms with E-state index < -0.39 is 0 Å². The van der Waals surface area contributed by atoms with E-state index in [0.717, 1.165) is 28.3 Å². The van der Waals surface area contributed by atoms with Gasteiger partial charge in [-0.2, -0.15) is 0 Å². The molecule has 4 aromatic rings. The van der Waals surface area contributed by atoms with Crippen LogP contribution in [0.5, 0.6) is 5.75 Å². The molecule has 0 atom stereocenters. The van der Waals surface area contributed by atoms with E-state index in [0.29, 0.717) is 12.4 Å². The Hall–Kier alpha value is -3.47. The monoisotopic (exact) mass is 342 g/mol. The van der Waals surface area contributed by atoms with Gasteiger partial charge in [0.15, 0.2) is 5.82 Å². The molecule has 0 unspecified atom stereocenters. The normalized spacial score (nSPS) is 11.3. The average molecular weight is 342 g/mol. The molecule has 0 aliphatic carbocycles. The molecule has 0 fully saturated rings. The topological polar surface area (TPSA) is 51.2 Å². The summed E-state index contributed by atoms with van der Waals surface area (Å²) >= 11 is 0. The Morgan fingerprint density at radius 2 is 1.65 bits per heavy atom. The average Bonchev–Trinajstić information content (AvgIpc) is 3.06. The first-order chi connectivity index (χ1) is 12.9. The highest BCUT2D eigenvalue weighted by Crippen LogP contribution is 2.37. The van der Waals surface area contributed by atoms with E-state index in [-0.39, 0.29) is 0 Å². The predicted molar refractivity (Wildman–Crippen MR) is 102 cm³/mol. The summed E-state index contributed by atoms with van der Waals surface area (Å²) in [7, 11) is 0. The van der Waals surface area contributed by atoms with Crippen LogP contribution in [-0.4, -0.2) is 16.0 Å². The number of hydrogen-bond donors (Lipinski definition) is 0. The second kappa shape index (κ2) is 7.19. The molecule has 0 bridgehead atoms. The number of imidazole rings is 1. The lowest BCUT2D eigenvalue weighted by atomic mass is 10.1. The Balaban J connectivity index is 1.89. The Labute approximate surface area is 151 Å². The first-order valence-corrected chi connectivity index (χ1v) is 8.53. The largest absolute Gasteiger partial charge is 0.493 e. The lowest BCUT2D eigenvalue weighted by molar-refractivity contribution is 0.341. The van der Waals surface area contributed by atoms with Gasteiger partial charge in [-0.3, -0.25) is 4.40 Å². The van der Waals surface area contributed by atoms with Gasteiger partial charge in [-0.15, -0.1) is 10.2 Å². The molecule has 0 spiro atoms. The van der Waals surface area contributed by atoms with Gasteiger partial charge in [-0.05, 0) is 43.3 Å². The Morgan fingerprint density at radius 1 is 0.885 bits per heavy atom. The lowest BCUT2D eigenvalue weighted by Crippen LogP contribution is -1.94. The molecule has 2 aromatic heterocycles. The molecule has 2 aromatic carbocycles. The second-order valence-corrected chi connectivity index (χ2v) is 5.68. The number of aromatic nitrogens is 2. The standard InChI is InChI=1S/C21H18N4O/c1-2-26-18-13-7-6-12-17(18)20-21(24-23-16-10-4-3-5-11-16)25-15-9-8-14-19(25)22-20/h3-15H,2H2,1H3. The van der Waals surface area contributed by atoms with Crippen LogP contribution in [0, 0.1) is 0 Å². The minimum Gasteiger partial charge on any atom is -0.493 e. The van der Waals surface area contributed by atoms with Crippen molar-refractivity contribution in [2.45, 2.75) is 6.92 Å². The van der Waals surface area contributed by atoms with Gasteiger partial charge in [0.25, 0.3) is 0 Å². The second-order valence-electron chi connectivity index (χ2n) is 5.68. The molecule has 0 saturated carbocycles. The molecular weight excluding hydrogens is 324 g/mol. The van der Waals surface area contributed by atoms with E-state index in [1.165, 1.54) is 0 Å². The van der Waals surface area contributed by atoms with Gasteiger partial charge in [0.1, 0.15) is 17.1 Å². The number of ether oxygens (including phenoxy) is 1. The van der Waals surface area contributed by atoms with Gasteiger partial charge in [0.2, 0.25) is 0 Å². The van der Waals surface area contributed by atoms with E-state index >= 15 is 0 Å². The predicted octanol–water partition coefficient (Wildman–Crippen LogP) is 5.82. The molecule has 0 N–H and O–H groups in total. The molecule has 2 heterocycles. The smallest absolute Gasteiger partial charge is 0.187 e. The molecule has 5 nitrogen and oxygen atoms in total. The SMILES string of the molecule is CCOc1ccccc1-c1nc2ccccn2c1N=Nc1ccccc1. The third-order valence-electron chi connectivity index (χ3n) is 3.96. The highest BCUT2D eigenvalue weighted by atomic mass is 16.5. The fourth-order valence-corrected chi connectivity index (χ4v) is 2.80. The molecule has 0 aliphatic rings. The van der Waals surface area contributed by atoms with E-state index in [9.17, 15) is 0 Å². The van der Waals surface area contributed by atoms with Crippen molar-refractivity contribution in [1.29, 1.82) is 0 Å². The summed E-state index contributed by atoms with van der Waals surface area (Å²) in [5.41, 5.74) is 3.26. The van der Waals surface area contributed by atoms with Crippen molar-refractivity contribution in [3.63, 3.8) is 0 Å². The Kier molecular flexibility index (Phi) is 4.43. The maximum atomic E-state index is 5.78. The third-order valence-corrected chi connectivity index (χ3v) is 3.96. The zero-order valence-corrected chi connectivity index (χ0v) is 14.4. The fraction of sp³-hybridized carbons (Fsp3) is 0.0952. The molecule has 0 radical (unpaired) electrons. The van der Waals surface area contributed by atoms with Crippen molar-refractivity contribution >= 4 is 17.2 Å². The van der Waals surface area contributed by atoms with Crippen LogP contribution in [0.4, 0.5) is 11.5 Å². The summed E-state index contributed by atoms with van der Waals surface area (Å²) in [5, 5.41) is 8.90. The number of pyridine rings is 1. The van der Waals surface area contributed by atoms with Crippen LogP contribution in [0.2, 0.25) is 0 Å². The number of rotatable bonds is 5. The summed E-state index contributed by atoms with van der Waals surface area (Å²) in [6, 6.07) is 23.4. The van der Waals surface area contributed by atoms with Gasteiger partial charge in [0.05, 0.1) is 12.3 Å². The zero-order valence-electron chi connectivity index (χ0n) is 14.4. The van der Waals surface area contributed by atoms with E-state index in [1.807, 2.05) is 90.3 Å². The van der Waals surface area contributed by atoms with E-state index in [2.05, 4.69) is 10.2 Å². The third kappa shape index (κ3) is 3.07. The summed E-state index contributed by atoms with van der Waals surface area (Å²) in [5.74, 6) is 1.46. The van der Waals surface area contributed by atoms with Crippen molar-refractivity contribution in [1.82, 2.24) is 9.38 Å². The maximum absolute atomic E-state index is 5.78. The number of para-hydroxylation sites is 1. The zero-order chi connectivity index (χ0) is 17.8. The minimum absolute atomic E-state index is 0.589. The summed E-state index contributed by atoms with van der Waals surface area (Å²) in [4.78, 5) is 4.77. The quantitative estimate of drug-likeness (QED) is 0.429. The van der Waals surface area contributed by atoms with E-state index in [1.54, 1.807) is 0 Å². The van der Waals surface area contributed by atoms with Crippen molar-refractivity contribution < 1.29 is 4.74 Å². The Morgan fingerprint density at radius 3 is 2.50 bits per heavy atom. The van der Waals surface area contributed by atoms with E-state index in [4.69, 9.17) is 9.72 Å². The molecule has 128 valence electrons. The van der Waals surface area contributed by atoms with Crippen molar-refractivity contribution in [3.05, 3.63) is 79.0 Å². The van der Waals surface area contributed by atoms with Crippen molar-refractivity contribution in [3.8, 4) is 17.0 Å². The molecular formula is C21H18N4O. The van der Waals surface area contributed by atoms with Crippen LogP contribution < -0.4 is 4.74 Å². The maximum Gasteiger partial charge on any atom is 0.187 e. The van der Waals surface area contributed by atoms with Crippen LogP contribution in [0.1, 0.15) is 6.92 Å². The van der Waals surface area contributed by atoms with Gasteiger partial charge in [0, 0.05) is 11.8 Å². The highest BCUT2D eigenvalue weighted by Gasteiger charge is 2.17. The van der Waals surface area contributed by atoms with Crippen LogP contribution >= 0.6 is 0 Å². The number of benzene rings is 2. The molecule has 26 heavy (non-hydrogen) atoms. The number of hydrogen-bond acceptors (Lipinski definition) is 4. The molecule has 4 rings (SSSR count). The first kappa shape index (κ1) is 16.0. The summed E-state index contributed by atoms with van der Waals surface area (Å²) in [6.07, 6.45) is 1.94. The van der Waals surface area contributed by atoms with Crippen molar-refractivity contribution in [2.24, 2.45) is 10.2 Å². The van der Waals surface area contributed by atoms with Crippen molar-refractivity contribution in [2.75, 3.05) is 6.61 Å². The lowest BCUT2D eigenvalue weighted by Gasteiger charge is -2.08. The molecule has 5 heteroatoms. The van der Waals surface area contributed by atoms with Crippen LogP contribution in [0.3, 0.4) is 0 Å². The van der Waals surface area contributed by atoms with Gasteiger partial charge >= 0.3 is 0 Å². The van der Waals surface area contributed by atoms with Gasteiger partial charge in [-0.25, -0.2) is 4.98 Å². The highest BCUT2D eigenvalue weighted by molar-refractivity contribution is 5.78. The van der Waals surface area contributed by atoms with Crippen LogP contribution in [-0.2, 0) is 0 Å². The van der Waals surface area contributed by atoms with Crippen LogP contribution in [0.15, 0.2) is 89.2 Å². The molecule has 0 saturated heterocycles. The minimum atomic E-state index is 0.589. The van der Waals surface area contributed by atoms with Gasteiger partial charge < -0.3 is 4.74 Å². The fourth-order valence-electron chi connectivity index (χ4n) is 2.80. The van der Waals surface area contributed by atoms with Crippen LogP contribution in [0.25, 0.3) is 16.9 Å². The number of nitrogens with zero attached hydrogens (tertiary/aromatic N) is 4. The van der Waals surface area contributed by atoms with Gasteiger partial charge in [-0.1, -0.05) is 36.4 Å². The molecule has 0 aliphatic heterocycles. The number of azo groups is 1. The number of fused-ring (bicyclic) bond motifs is 1.